The van der Waals surface area contributed by atoms with Gasteiger partial charge in [-0.05, 0) is 53.4 Å². The summed E-state index contributed by atoms with van der Waals surface area (Å²) in [5, 5.41) is 4.93. The predicted octanol–water partition coefficient (Wildman–Crippen LogP) is 5.50. The highest BCUT2D eigenvalue weighted by Crippen LogP contribution is 2.22. The molecule has 154 valence electrons. The first-order valence-corrected chi connectivity index (χ1v) is 9.95. The maximum atomic E-state index is 12.3. The van der Waals surface area contributed by atoms with Crippen LogP contribution in [0.3, 0.4) is 0 Å². The third-order valence-corrected chi connectivity index (χ3v) is 4.71. The topological polar surface area (TPSA) is 63.8 Å². The summed E-state index contributed by atoms with van der Waals surface area (Å²) in [6.45, 7) is 4.32. The lowest BCUT2D eigenvalue weighted by molar-refractivity contribution is 0.0929. The Morgan fingerprint density at radius 1 is 1.03 bits per heavy atom. The average Bonchev–Trinajstić information content (AvgIpc) is 3.24. The second kappa shape index (κ2) is 9.59. The second-order valence-electron chi connectivity index (χ2n) is 6.98. The van der Waals surface area contributed by atoms with Crippen LogP contribution < -0.4 is 10.2 Å². The Bertz CT molecular complexity index is 1190. The monoisotopic (exact) mass is 410 g/mol. The molecule has 4 rings (SSSR count). The van der Waals surface area contributed by atoms with Crippen LogP contribution in [0.1, 0.15) is 27.2 Å². The number of hydrogen-bond acceptors (Lipinski definition) is 4. The third-order valence-electron chi connectivity index (χ3n) is 4.71. The maximum absolute atomic E-state index is 12.3. The average molecular weight is 410 g/mol. The fourth-order valence-electron chi connectivity index (χ4n) is 3.19. The zero-order chi connectivity index (χ0) is 21.5. The molecule has 0 unspecified atom stereocenters. The number of rotatable bonds is 8. The van der Waals surface area contributed by atoms with E-state index in [0.717, 1.165) is 27.8 Å². The number of nitrogens with zero attached hydrogens (tertiary/aromatic N) is 1. The first-order valence-electron chi connectivity index (χ1n) is 9.95. The highest BCUT2D eigenvalue weighted by atomic mass is 16.5. The third kappa shape index (κ3) is 5.08. The van der Waals surface area contributed by atoms with E-state index in [9.17, 15) is 4.79 Å². The summed E-state index contributed by atoms with van der Waals surface area (Å²) in [5.74, 6) is 0.615. The van der Waals surface area contributed by atoms with Gasteiger partial charge in [-0.25, -0.2) is 5.43 Å². The van der Waals surface area contributed by atoms with Gasteiger partial charge in [-0.2, -0.15) is 5.10 Å². The van der Waals surface area contributed by atoms with E-state index < -0.39 is 5.91 Å². The van der Waals surface area contributed by atoms with Gasteiger partial charge in [-0.3, -0.25) is 4.79 Å². The van der Waals surface area contributed by atoms with Crippen molar-refractivity contribution in [2.24, 2.45) is 5.10 Å². The van der Waals surface area contributed by atoms with Gasteiger partial charge in [0.15, 0.2) is 5.76 Å². The summed E-state index contributed by atoms with van der Waals surface area (Å²) < 4.78 is 11.5. The van der Waals surface area contributed by atoms with Crippen molar-refractivity contribution in [1.29, 1.82) is 0 Å². The fourth-order valence-corrected chi connectivity index (χ4v) is 3.19. The molecule has 1 aromatic heterocycles. The van der Waals surface area contributed by atoms with Gasteiger partial charge in [-0.1, -0.05) is 54.6 Å². The van der Waals surface area contributed by atoms with Gasteiger partial charge >= 0.3 is 5.91 Å². The normalized spacial score (nSPS) is 11.0. The van der Waals surface area contributed by atoms with Gasteiger partial charge < -0.3 is 9.15 Å². The largest absolute Gasteiger partial charge is 0.489 e. The number of ether oxygens (including phenoxy) is 1. The first-order chi connectivity index (χ1) is 15.2. The van der Waals surface area contributed by atoms with E-state index in [4.69, 9.17) is 9.15 Å². The minimum Gasteiger partial charge on any atom is -0.489 e. The van der Waals surface area contributed by atoms with Crippen LogP contribution in [-0.4, -0.2) is 12.1 Å². The number of carbonyl (C=O) groups is 1. The Balaban J connectivity index is 1.42. The fraction of sp³-hybridized carbons (Fsp3) is 0.0769. The molecule has 5 nitrogen and oxygen atoms in total. The van der Waals surface area contributed by atoms with Crippen LogP contribution in [-0.2, 0) is 13.0 Å². The van der Waals surface area contributed by atoms with Crippen molar-refractivity contribution in [3.05, 3.63) is 114 Å². The molecule has 0 saturated carbocycles. The number of allylic oxidation sites excluding steroid dienone is 1. The van der Waals surface area contributed by atoms with Gasteiger partial charge in [0.25, 0.3) is 0 Å². The summed E-state index contributed by atoms with van der Waals surface area (Å²) in [6, 6.07) is 24.9. The second-order valence-corrected chi connectivity index (χ2v) is 6.98. The van der Waals surface area contributed by atoms with E-state index in [0.29, 0.717) is 18.6 Å². The summed E-state index contributed by atoms with van der Waals surface area (Å²) in [6.07, 6.45) is 4.08. The molecule has 4 aromatic rings. The van der Waals surface area contributed by atoms with Crippen LogP contribution in [0, 0.1) is 0 Å². The van der Waals surface area contributed by atoms with E-state index in [1.54, 1.807) is 12.3 Å². The van der Waals surface area contributed by atoms with Crippen molar-refractivity contribution in [2.75, 3.05) is 0 Å². The van der Waals surface area contributed by atoms with Crippen LogP contribution in [0.2, 0.25) is 0 Å². The van der Waals surface area contributed by atoms with Gasteiger partial charge in [0.05, 0.1) is 6.21 Å². The number of nitrogens with one attached hydrogen (secondary N) is 1. The summed E-state index contributed by atoms with van der Waals surface area (Å²) in [4.78, 5) is 12.3. The number of para-hydroxylation sites is 1. The molecule has 0 aliphatic carbocycles. The van der Waals surface area contributed by atoms with E-state index in [2.05, 4.69) is 17.1 Å². The van der Waals surface area contributed by atoms with Crippen molar-refractivity contribution in [3.8, 4) is 5.75 Å². The molecule has 5 heteroatoms. The minimum atomic E-state index is -0.401. The predicted molar refractivity (Wildman–Crippen MR) is 122 cm³/mol. The molecular weight excluding hydrogens is 388 g/mol. The molecule has 0 atom stereocenters. The van der Waals surface area contributed by atoms with E-state index >= 15 is 0 Å². The van der Waals surface area contributed by atoms with Crippen LogP contribution in [0.4, 0.5) is 0 Å². The zero-order valence-electron chi connectivity index (χ0n) is 17.0. The molecule has 0 saturated heterocycles. The first kappa shape index (κ1) is 20.2. The highest BCUT2D eigenvalue weighted by Gasteiger charge is 2.11. The molecule has 0 bridgehead atoms. The molecule has 1 N–H and O–H groups in total. The maximum Gasteiger partial charge on any atom is 0.307 e. The van der Waals surface area contributed by atoms with Crippen LogP contribution in [0.5, 0.6) is 5.75 Å². The molecule has 0 spiro atoms. The molecule has 1 heterocycles. The lowest BCUT2D eigenvalue weighted by Gasteiger charge is -2.11. The van der Waals surface area contributed by atoms with E-state index in [-0.39, 0.29) is 5.76 Å². The Morgan fingerprint density at radius 2 is 1.84 bits per heavy atom. The number of fused-ring (bicyclic) bond motifs is 1. The number of hydrogen-bond donors (Lipinski definition) is 1. The Kier molecular flexibility index (Phi) is 6.24. The van der Waals surface area contributed by atoms with Gasteiger partial charge in [0, 0.05) is 5.39 Å². The summed E-state index contributed by atoms with van der Waals surface area (Å²) in [7, 11) is 0. The molecule has 0 aliphatic heterocycles. The standard InChI is InChI=1S/C26H22N2O3/c1-2-8-21-15-20(13-14-23(21)30-18-19-9-4-3-5-10-19)17-27-28-26(29)25-16-22-11-6-7-12-24(22)31-25/h2-7,9-17H,1,8,18H2,(H,28,29)/b27-17+. The number of hydrazone groups is 1. The lowest BCUT2D eigenvalue weighted by Crippen LogP contribution is -2.16. The molecule has 31 heavy (non-hydrogen) atoms. The molecule has 0 radical (unpaired) electrons. The minimum absolute atomic E-state index is 0.218. The quantitative estimate of drug-likeness (QED) is 0.237. The number of benzene rings is 3. The van der Waals surface area contributed by atoms with Crippen molar-refractivity contribution in [3.63, 3.8) is 0 Å². The zero-order valence-corrected chi connectivity index (χ0v) is 17.0. The van der Waals surface area contributed by atoms with Gasteiger partial charge in [0.2, 0.25) is 0 Å². The molecule has 1 amide bonds. The van der Waals surface area contributed by atoms with Gasteiger partial charge in [-0.15, -0.1) is 6.58 Å². The Morgan fingerprint density at radius 3 is 2.65 bits per heavy atom. The molecule has 0 aliphatic rings. The molecular formula is C26H22N2O3. The Hall–Kier alpha value is -4.12. The summed E-state index contributed by atoms with van der Waals surface area (Å²) in [5.41, 5.74) is 6.11. The van der Waals surface area contributed by atoms with Crippen molar-refractivity contribution in [2.45, 2.75) is 13.0 Å². The Labute approximate surface area is 180 Å². The summed E-state index contributed by atoms with van der Waals surface area (Å²) >= 11 is 0. The van der Waals surface area contributed by atoms with Crippen LogP contribution in [0.25, 0.3) is 11.0 Å². The highest BCUT2D eigenvalue weighted by molar-refractivity contribution is 5.96. The van der Waals surface area contributed by atoms with Gasteiger partial charge in [0.1, 0.15) is 17.9 Å². The molecule has 3 aromatic carbocycles. The van der Waals surface area contributed by atoms with Crippen molar-refractivity contribution >= 4 is 23.1 Å². The van der Waals surface area contributed by atoms with E-state index in [1.807, 2.05) is 78.9 Å². The van der Waals surface area contributed by atoms with Crippen LogP contribution >= 0.6 is 0 Å². The molecule has 0 fully saturated rings. The van der Waals surface area contributed by atoms with Crippen molar-refractivity contribution in [1.82, 2.24) is 5.43 Å². The SMILES string of the molecule is C=CCc1cc(/C=N/NC(=O)c2cc3ccccc3o2)ccc1OCc1ccccc1. The van der Waals surface area contributed by atoms with Crippen LogP contribution in [0.15, 0.2) is 101 Å². The smallest absolute Gasteiger partial charge is 0.307 e. The number of amides is 1. The number of furan rings is 1. The lowest BCUT2D eigenvalue weighted by atomic mass is 10.1. The van der Waals surface area contributed by atoms with E-state index in [1.165, 1.54) is 0 Å². The van der Waals surface area contributed by atoms with Crippen molar-refractivity contribution < 1.29 is 13.9 Å². The number of carbonyl (C=O) groups excluding carboxylic acids is 1.